The molecule has 9 nitrogen and oxygen atoms in total. The smallest absolute Gasteiger partial charge is 0.481 e. The van der Waals surface area contributed by atoms with Crippen molar-refractivity contribution < 1.29 is 36.6 Å². The number of furan rings is 1. The third-order valence-corrected chi connectivity index (χ3v) is 6.44. The Morgan fingerprint density at radius 3 is 2.82 bits per heavy atom. The van der Waals surface area contributed by atoms with Crippen molar-refractivity contribution in [3.8, 4) is 22.6 Å². The van der Waals surface area contributed by atoms with E-state index in [1.165, 1.54) is 18.4 Å². The lowest BCUT2D eigenvalue weighted by Crippen LogP contribution is -2.17. The van der Waals surface area contributed by atoms with Gasteiger partial charge in [-0.2, -0.15) is 0 Å². The summed E-state index contributed by atoms with van der Waals surface area (Å²) in [7, 11) is -4.27. The van der Waals surface area contributed by atoms with E-state index in [0.717, 1.165) is 18.2 Å². The number of anilines is 1. The highest BCUT2D eigenvalue weighted by Crippen LogP contribution is 2.48. The normalized spacial score (nSPS) is 12.6. The van der Waals surface area contributed by atoms with Crippen LogP contribution in [0.5, 0.6) is 11.5 Å². The molecule has 0 aliphatic carbocycles. The summed E-state index contributed by atoms with van der Waals surface area (Å²) in [5, 5.41) is 12.3. The van der Waals surface area contributed by atoms with Gasteiger partial charge in [-0.15, -0.1) is 0 Å². The molecule has 0 saturated heterocycles. The molecule has 3 aromatic rings. The predicted octanol–water partition coefficient (Wildman–Crippen LogP) is 4.46. The average Bonchev–Trinajstić information content (AvgIpc) is 3.27. The molecule has 0 fully saturated rings. The first-order valence-electron chi connectivity index (χ1n) is 10.3. The van der Waals surface area contributed by atoms with Crippen molar-refractivity contribution in [2.45, 2.75) is 18.4 Å². The van der Waals surface area contributed by atoms with E-state index in [4.69, 9.17) is 13.9 Å². The molecule has 2 aromatic carbocycles. The van der Waals surface area contributed by atoms with E-state index >= 15 is 0 Å². The highest BCUT2D eigenvalue weighted by molar-refractivity contribution is 7.92. The van der Waals surface area contributed by atoms with Gasteiger partial charge in [-0.25, -0.2) is 17.6 Å². The standard InChI is InChI=1S/C23H21FN2O7S/c1-2-25-10-3-4-14-12-15(24)5-8-20(14)34(29,30)26-18-7-6-17-16-9-11-31-19(16)13-32-21(17)22(18)33-23(27)28/h3-9,11-12,25-26H,2,10,13H2,1H3,(H,27,28)/b4-3-. The first kappa shape index (κ1) is 23.3. The molecule has 0 unspecified atom stereocenters. The lowest BCUT2D eigenvalue weighted by Gasteiger charge is -2.21. The van der Waals surface area contributed by atoms with Crippen molar-refractivity contribution in [3.63, 3.8) is 0 Å². The number of benzene rings is 2. The van der Waals surface area contributed by atoms with Crippen LogP contribution in [0, 0.1) is 5.82 Å². The monoisotopic (exact) mass is 488 g/mol. The van der Waals surface area contributed by atoms with Gasteiger partial charge in [0.1, 0.15) is 18.2 Å². The molecule has 0 radical (unpaired) electrons. The van der Waals surface area contributed by atoms with E-state index in [1.54, 1.807) is 18.2 Å². The number of carbonyl (C=O) groups is 1. The zero-order chi connectivity index (χ0) is 24.3. The minimum Gasteiger partial charge on any atom is -0.481 e. The largest absolute Gasteiger partial charge is 0.511 e. The Kier molecular flexibility index (Phi) is 6.57. The average molecular weight is 488 g/mol. The minimum absolute atomic E-state index is 0.0141. The van der Waals surface area contributed by atoms with E-state index in [2.05, 4.69) is 10.0 Å². The van der Waals surface area contributed by atoms with Crippen LogP contribution in [0.25, 0.3) is 17.2 Å². The lowest BCUT2D eigenvalue weighted by atomic mass is 10.0. The molecular weight excluding hydrogens is 467 g/mol. The molecule has 0 bridgehead atoms. The number of sulfonamides is 1. The molecule has 0 atom stereocenters. The molecule has 3 N–H and O–H groups in total. The Bertz CT molecular complexity index is 1370. The van der Waals surface area contributed by atoms with E-state index < -0.39 is 22.0 Å². The number of likely N-dealkylation sites (N-methyl/N-ethyl adjacent to an activating group) is 1. The number of rotatable bonds is 8. The fourth-order valence-electron chi connectivity index (χ4n) is 3.52. The molecule has 1 aliphatic heterocycles. The summed E-state index contributed by atoms with van der Waals surface area (Å²) in [6, 6.07) is 7.88. The van der Waals surface area contributed by atoms with Crippen LogP contribution in [0.2, 0.25) is 0 Å². The molecule has 0 saturated carbocycles. The van der Waals surface area contributed by atoms with Gasteiger partial charge in [0.2, 0.25) is 5.75 Å². The zero-order valence-electron chi connectivity index (χ0n) is 18.0. The minimum atomic E-state index is -4.27. The number of hydrogen-bond donors (Lipinski definition) is 3. The Morgan fingerprint density at radius 2 is 2.06 bits per heavy atom. The second-order valence-electron chi connectivity index (χ2n) is 7.23. The van der Waals surface area contributed by atoms with Crippen molar-refractivity contribution in [1.82, 2.24) is 5.32 Å². The quantitative estimate of drug-likeness (QED) is 0.241. The van der Waals surface area contributed by atoms with Crippen LogP contribution in [0.3, 0.4) is 0 Å². The maximum absolute atomic E-state index is 13.9. The first-order valence-corrected chi connectivity index (χ1v) is 11.8. The van der Waals surface area contributed by atoms with Crippen LogP contribution in [0.1, 0.15) is 18.2 Å². The highest BCUT2D eigenvalue weighted by Gasteiger charge is 2.29. The number of carboxylic acid groups (broad SMARTS) is 1. The van der Waals surface area contributed by atoms with Gasteiger partial charge in [0.25, 0.3) is 10.0 Å². The Hall–Kier alpha value is -3.83. The van der Waals surface area contributed by atoms with Gasteiger partial charge < -0.3 is 24.3 Å². The zero-order valence-corrected chi connectivity index (χ0v) is 18.8. The Balaban J connectivity index is 1.74. The van der Waals surface area contributed by atoms with Crippen molar-refractivity contribution in [2.75, 3.05) is 17.8 Å². The van der Waals surface area contributed by atoms with Crippen molar-refractivity contribution in [2.24, 2.45) is 0 Å². The van der Waals surface area contributed by atoms with Crippen LogP contribution in [0.15, 0.2) is 58.1 Å². The van der Waals surface area contributed by atoms with Gasteiger partial charge in [-0.1, -0.05) is 19.1 Å². The van der Waals surface area contributed by atoms with Crippen LogP contribution < -0.4 is 19.5 Å². The maximum atomic E-state index is 13.9. The summed E-state index contributed by atoms with van der Waals surface area (Å²) >= 11 is 0. The number of hydrogen-bond acceptors (Lipinski definition) is 7. The topological polar surface area (TPSA) is 127 Å². The molecule has 1 aromatic heterocycles. The van der Waals surface area contributed by atoms with Crippen LogP contribution >= 0.6 is 0 Å². The van der Waals surface area contributed by atoms with Gasteiger partial charge in [-0.3, -0.25) is 4.72 Å². The summed E-state index contributed by atoms with van der Waals surface area (Å²) in [4.78, 5) is 11.2. The second kappa shape index (κ2) is 9.57. The second-order valence-corrected chi connectivity index (χ2v) is 8.88. The van der Waals surface area contributed by atoms with Crippen molar-refractivity contribution in [1.29, 1.82) is 0 Å². The Morgan fingerprint density at radius 1 is 1.24 bits per heavy atom. The summed E-state index contributed by atoms with van der Waals surface area (Å²) in [6.07, 6.45) is 2.98. The summed E-state index contributed by atoms with van der Waals surface area (Å²) in [5.41, 5.74) is 1.14. The molecule has 34 heavy (non-hydrogen) atoms. The summed E-state index contributed by atoms with van der Waals surface area (Å²) < 4.78 is 58.6. The number of nitrogens with one attached hydrogen (secondary N) is 2. The fourth-order valence-corrected chi connectivity index (χ4v) is 4.77. The molecule has 0 amide bonds. The van der Waals surface area contributed by atoms with Crippen LogP contribution in [-0.4, -0.2) is 32.8 Å². The SMILES string of the molecule is CCNC/C=C\c1cc(F)ccc1S(=O)(=O)Nc1ccc2c(c1OC(=O)O)OCc1occc1-2. The van der Waals surface area contributed by atoms with Gasteiger partial charge in [-0.05, 0) is 48.5 Å². The van der Waals surface area contributed by atoms with E-state index in [-0.39, 0.29) is 34.3 Å². The van der Waals surface area contributed by atoms with Crippen molar-refractivity contribution in [3.05, 3.63) is 65.9 Å². The van der Waals surface area contributed by atoms with Gasteiger partial charge in [0.15, 0.2) is 5.75 Å². The van der Waals surface area contributed by atoms with Gasteiger partial charge in [0, 0.05) is 17.7 Å². The molecule has 0 spiro atoms. The lowest BCUT2D eigenvalue weighted by molar-refractivity contribution is 0.141. The number of halogens is 1. The Labute approximate surface area is 194 Å². The highest BCUT2D eigenvalue weighted by atomic mass is 32.2. The van der Waals surface area contributed by atoms with Crippen LogP contribution in [-0.2, 0) is 16.6 Å². The fraction of sp³-hybridized carbons (Fsp3) is 0.174. The molecule has 11 heteroatoms. The van der Waals surface area contributed by atoms with Gasteiger partial charge in [0.05, 0.1) is 16.8 Å². The van der Waals surface area contributed by atoms with Crippen molar-refractivity contribution >= 4 is 27.9 Å². The van der Waals surface area contributed by atoms with Crippen LogP contribution in [0.4, 0.5) is 14.9 Å². The molecule has 178 valence electrons. The molecule has 1 aliphatic rings. The van der Waals surface area contributed by atoms with E-state index in [1.807, 2.05) is 6.92 Å². The first-order chi connectivity index (χ1) is 16.3. The van der Waals surface area contributed by atoms with E-state index in [9.17, 15) is 22.7 Å². The number of ether oxygens (including phenoxy) is 2. The molecular formula is C23H21FN2O7S. The molecule has 2 heterocycles. The van der Waals surface area contributed by atoms with Gasteiger partial charge >= 0.3 is 6.16 Å². The number of fused-ring (bicyclic) bond motifs is 3. The third kappa shape index (κ3) is 4.75. The van der Waals surface area contributed by atoms with E-state index in [0.29, 0.717) is 30.0 Å². The molecule has 4 rings (SSSR count). The predicted molar refractivity (Wildman–Crippen MR) is 122 cm³/mol. The summed E-state index contributed by atoms with van der Waals surface area (Å²) in [5.74, 6) is -0.314. The maximum Gasteiger partial charge on any atom is 0.511 e. The third-order valence-electron chi connectivity index (χ3n) is 5.00. The summed E-state index contributed by atoms with van der Waals surface area (Å²) in [6.45, 7) is 3.12.